The molecule has 100 valence electrons. The van der Waals surface area contributed by atoms with E-state index >= 15 is 0 Å². The Hall–Kier alpha value is -2.11. The molecule has 0 saturated carbocycles. The molecule has 1 atom stereocenters. The number of amides is 1. The highest BCUT2D eigenvalue weighted by molar-refractivity contribution is 5.90. The van der Waals surface area contributed by atoms with E-state index in [9.17, 15) is 4.79 Å². The first-order valence-corrected chi connectivity index (χ1v) is 6.46. The molecule has 2 aromatic heterocycles. The van der Waals surface area contributed by atoms with Gasteiger partial charge in [-0.05, 0) is 18.9 Å². The van der Waals surface area contributed by atoms with Crippen LogP contribution >= 0.6 is 0 Å². The Morgan fingerprint density at radius 1 is 1.53 bits per heavy atom. The second-order valence-electron chi connectivity index (χ2n) is 5.02. The number of aromatic nitrogens is 3. The number of hydrogen-bond acceptors (Lipinski definition) is 4. The lowest BCUT2D eigenvalue weighted by Crippen LogP contribution is -2.35. The van der Waals surface area contributed by atoms with E-state index in [0.717, 1.165) is 41.9 Å². The van der Waals surface area contributed by atoms with Crippen LogP contribution in [0.1, 0.15) is 18.9 Å². The number of aromatic amines is 1. The fourth-order valence-electron chi connectivity index (χ4n) is 2.70. The minimum absolute atomic E-state index is 0.0255. The van der Waals surface area contributed by atoms with Crippen molar-refractivity contribution >= 4 is 22.8 Å². The Balaban J connectivity index is 1.89. The first-order valence-electron chi connectivity index (χ1n) is 6.46. The van der Waals surface area contributed by atoms with Crippen molar-refractivity contribution in [3.8, 4) is 0 Å². The molecule has 3 rings (SSSR count). The highest BCUT2D eigenvalue weighted by atomic mass is 16.1. The summed E-state index contributed by atoms with van der Waals surface area (Å²) in [5.41, 5.74) is 2.01. The standard InChI is InChI=1S/C13H17N5O/c1-8-5-14-12-11(8)13(16-7-15-12)18-4-3-10(6-18)17-9(2)19/h5,7,10H,3-4,6H2,1-2H3,(H,17,19)(H,14,15,16)/t10-/m1/s1. The molecule has 6 nitrogen and oxygen atoms in total. The number of aryl methyl sites for hydroxylation is 1. The summed E-state index contributed by atoms with van der Waals surface area (Å²) < 4.78 is 0. The van der Waals surface area contributed by atoms with E-state index in [1.807, 2.05) is 13.1 Å². The Labute approximate surface area is 111 Å². The van der Waals surface area contributed by atoms with Gasteiger partial charge < -0.3 is 15.2 Å². The normalized spacial score (nSPS) is 19.1. The van der Waals surface area contributed by atoms with E-state index in [1.54, 1.807) is 13.3 Å². The molecule has 1 fully saturated rings. The highest BCUT2D eigenvalue weighted by Gasteiger charge is 2.25. The third-order valence-corrected chi connectivity index (χ3v) is 3.54. The number of rotatable bonds is 2. The topological polar surface area (TPSA) is 73.9 Å². The number of H-pyrrole nitrogens is 1. The number of nitrogens with one attached hydrogen (secondary N) is 2. The molecule has 1 amide bonds. The minimum atomic E-state index is 0.0255. The predicted octanol–water partition coefficient (Wildman–Crippen LogP) is 0.981. The van der Waals surface area contributed by atoms with Gasteiger partial charge in [-0.25, -0.2) is 9.97 Å². The van der Waals surface area contributed by atoms with Crippen LogP contribution in [0.25, 0.3) is 11.0 Å². The molecule has 0 unspecified atom stereocenters. The van der Waals surface area contributed by atoms with Gasteiger partial charge >= 0.3 is 0 Å². The van der Waals surface area contributed by atoms with Crippen LogP contribution in [0.15, 0.2) is 12.5 Å². The maximum Gasteiger partial charge on any atom is 0.217 e. The second-order valence-corrected chi connectivity index (χ2v) is 5.02. The van der Waals surface area contributed by atoms with Crippen molar-refractivity contribution in [1.29, 1.82) is 0 Å². The fourth-order valence-corrected chi connectivity index (χ4v) is 2.70. The lowest BCUT2D eigenvalue weighted by molar-refractivity contribution is -0.119. The van der Waals surface area contributed by atoms with Crippen molar-refractivity contribution in [2.75, 3.05) is 18.0 Å². The zero-order valence-corrected chi connectivity index (χ0v) is 11.1. The molecule has 2 aromatic rings. The van der Waals surface area contributed by atoms with Crippen LogP contribution in [0.2, 0.25) is 0 Å². The molecule has 19 heavy (non-hydrogen) atoms. The Morgan fingerprint density at radius 3 is 3.16 bits per heavy atom. The summed E-state index contributed by atoms with van der Waals surface area (Å²) in [5, 5.41) is 4.04. The van der Waals surface area contributed by atoms with E-state index in [-0.39, 0.29) is 11.9 Å². The largest absolute Gasteiger partial charge is 0.354 e. The SMILES string of the molecule is CC(=O)N[C@@H]1CCN(c2ncnc3[nH]cc(C)c23)C1. The van der Waals surface area contributed by atoms with Crippen LogP contribution in [-0.4, -0.2) is 40.0 Å². The molecule has 1 aliphatic heterocycles. The van der Waals surface area contributed by atoms with Gasteiger partial charge in [0.2, 0.25) is 5.91 Å². The average Bonchev–Trinajstić information content (AvgIpc) is 2.96. The molecule has 1 aliphatic rings. The molecule has 3 heterocycles. The number of hydrogen-bond donors (Lipinski definition) is 2. The number of anilines is 1. The predicted molar refractivity (Wildman–Crippen MR) is 73.1 cm³/mol. The second kappa shape index (κ2) is 4.53. The monoisotopic (exact) mass is 259 g/mol. The van der Waals surface area contributed by atoms with Crippen molar-refractivity contribution in [2.45, 2.75) is 26.3 Å². The smallest absolute Gasteiger partial charge is 0.217 e. The third-order valence-electron chi connectivity index (χ3n) is 3.54. The third kappa shape index (κ3) is 2.14. The molecule has 0 radical (unpaired) electrons. The van der Waals surface area contributed by atoms with E-state index in [4.69, 9.17) is 0 Å². The van der Waals surface area contributed by atoms with E-state index in [0.29, 0.717) is 0 Å². The summed E-state index contributed by atoms with van der Waals surface area (Å²) in [7, 11) is 0. The van der Waals surface area contributed by atoms with Crippen LogP contribution in [0, 0.1) is 6.92 Å². The van der Waals surface area contributed by atoms with Gasteiger partial charge in [-0.15, -0.1) is 0 Å². The molecule has 2 N–H and O–H groups in total. The first-order chi connectivity index (χ1) is 9.15. The van der Waals surface area contributed by atoms with Gasteiger partial charge in [-0.1, -0.05) is 0 Å². The minimum Gasteiger partial charge on any atom is -0.354 e. The molecular formula is C13H17N5O. The van der Waals surface area contributed by atoms with Crippen molar-refractivity contribution in [2.24, 2.45) is 0 Å². The molecule has 0 aliphatic carbocycles. The number of carbonyl (C=O) groups is 1. The van der Waals surface area contributed by atoms with Gasteiger partial charge in [0, 0.05) is 32.3 Å². The van der Waals surface area contributed by atoms with E-state index in [1.165, 1.54) is 0 Å². The number of carbonyl (C=O) groups excluding carboxylic acids is 1. The zero-order chi connectivity index (χ0) is 13.4. The van der Waals surface area contributed by atoms with Crippen LogP contribution in [0.4, 0.5) is 5.82 Å². The first kappa shape index (κ1) is 12.0. The molecular weight excluding hydrogens is 242 g/mol. The van der Waals surface area contributed by atoms with Crippen LogP contribution < -0.4 is 10.2 Å². The van der Waals surface area contributed by atoms with Crippen molar-refractivity contribution in [3.63, 3.8) is 0 Å². The van der Waals surface area contributed by atoms with Crippen LogP contribution in [0.3, 0.4) is 0 Å². The van der Waals surface area contributed by atoms with Gasteiger partial charge in [0.15, 0.2) is 0 Å². The molecule has 1 saturated heterocycles. The van der Waals surface area contributed by atoms with Gasteiger partial charge in [0.25, 0.3) is 0 Å². The van der Waals surface area contributed by atoms with Gasteiger partial charge in [0.05, 0.1) is 5.39 Å². The Morgan fingerprint density at radius 2 is 2.37 bits per heavy atom. The Bertz CT molecular complexity index is 621. The van der Waals surface area contributed by atoms with Gasteiger partial charge in [0.1, 0.15) is 17.8 Å². The van der Waals surface area contributed by atoms with E-state index < -0.39 is 0 Å². The van der Waals surface area contributed by atoms with Gasteiger partial charge in [-0.2, -0.15) is 0 Å². The van der Waals surface area contributed by atoms with Gasteiger partial charge in [-0.3, -0.25) is 4.79 Å². The number of nitrogens with zero attached hydrogens (tertiary/aromatic N) is 3. The summed E-state index contributed by atoms with van der Waals surface area (Å²) in [6, 6.07) is 0.210. The average molecular weight is 259 g/mol. The molecule has 0 aromatic carbocycles. The van der Waals surface area contributed by atoms with E-state index in [2.05, 4.69) is 25.2 Å². The highest BCUT2D eigenvalue weighted by Crippen LogP contribution is 2.28. The zero-order valence-electron chi connectivity index (χ0n) is 11.1. The lowest BCUT2D eigenvalue weighted by atomic mass is 10.2. The van der Waals surface area contributed by atoms with Crippen LogP contribution in [-0.2, 0) is 4.79 Å². The quantitative estimate of drug-likeness (QED) is 0.843. The van der Waals surface area contributed by atoms with Crippen LogP contribution in [0.5, 0.6) is 0 Å². The lowest BCUT2D eigenvalue weighted by Gasteiger charge is -2.18. The summed E-state index contributed by atoms with van der Waals surface area (Å²) in [6.07, 6.45) is 4.48. The van der Waals surface area contributed by atoms with Crippen molar-refractivity contribution in [1.82, 2.24) is 20.3 Å². The summed E-state index contributed by atoms with van der Waals surface area (Å²) >= 11 is 0. The summed E-state index contributed by atoms with van der Waals surface area (Å²) in [5.74, 6) is 0.981. The van der Waals surface area contributed by atoms with Crippen molar-refractivity contribution in [3.05, 3.63) is 18.1 Å². The molecule has 6 heteroatoms. The maximum atomic E-state index is 11.1. The summed E-state index contributed by atoms with van der Waals surface area (Å²) in [6.45, 7) is 5.31. The summed E-state index contributed by atoms with van der Waals surface area (Å²) in [4.78, 5) is 25.1. The fraction of sp³-hybridized carbons (Fsp3) is 0.462. The molecule has 0 bridgehead atoms. The maximum absolute atomic E-state index is 11.1. The molecule has 0 spiro atoms. The number of fused-ring (bicyclic) bond motifs is 1. The van der Waals surface area contributed by atoms with Crippen molar-refractivity contribution < 1.29 is 4.79 Å². The Kier molecular flexibility index (Phi) is 2.85.